The number of nitrogens with zero attached hydrogens (tertiary/aromatic N) is 1. The minimum absolute atomic E-state index is 0.0628. The Morgan fingerprint density at radius 1 is 1.07 bits per heavy atom. The fraction of sp³-hybridized carbons (Fsp3) is 0.382. The highest BCUT2D eigenvalue weighted by Crippen LogP contribution is 2.34. The summed E-state index contributed by atoms with van der Waals surface area (Å²) in [5, 5.41) is 7.02. The molecule has 2 aliphatic heterocycles. The van der Waals surface area contributed by atoms with Crippen LogP contribution in [0.15, 0.2) is 47.8 Å². The monoisotopic (exact) mass is 615 g/mol. The Bertz CT molecular complexity index is 1550. The number of imide groups is 1. The fourth-order valence-corrected chi connectivity index (χ4v) is 6.68. The van der Waals surface area contributed by atoms with Crippen molar-refractivity contribution < 1.29 is 28.7 Å². The molecule has 0 radical (unpaired) electrons. The summed E-state index contributed by atoms with van der Waals surface area (Å²) in [4.78, 5) is 62.8. The Hall–Kier alpha value is -4.31. The van der Waals surface area contributed by atoms with Gasteiger partial charge in [0.25, 0.3) is 5.91 Å². The molecular weight excluding hydrogens is 578 g/mol. The van der Waals surface area contributed by atoms with Crippen molar-refractivity contribution in [3.05, 3.63) is 80.5 Å². The molecule has 44 heavy (non-hydrogen) atoms. The molecule has 4 amide bonds. The summed E-state index contributed by atoms with van der Waals surface area (Å²) in [6.45, 7) is 2.55. The number of amides is 4. The van der Waals surface area contributed by atoms with Gasteiger partial charge in [0.05, 0.1) is 11.3 Å². The smallest absolute Gasteiger partial charge is 0.256 e. The summed E-state index contributed by atoms with van der Waals surface area (Å²) >= 11 is 1.49. The van der Waals surface area contributed by atoms with Crippen LogP contribution in [0.1, 0.15) is 93.7 Å². The normalized spacial score (nSPS) is 16.1. The second kappa shape index (κ2) is 14.4. The van der Waals surface area contributed by atoms with Crippen LogP contribution in [0.5, 0.6) is 5.75 Å². The summed E-state index contributed by atoms with van der Waals surface area (Å²) in [7, 11) is 0. The number of thiophene rings is 1. The van der Waals surface area contributed by atoms with E-state index in [-0.39, 0.29) is 24.1 Å². The molecule has 2 aromatic carbocycles. The first kappa shape index (κ1) is 31.1. The van der Waals surface area contributed by atoms with Crippen LogP contribution in [-0.2, 0) is 34.0 Å². The molecule has 2 aliphatic rings. The van der Waals surface area contributed by atoms with Gasteiger partial charge >= 0.3 is 0 Å². The Kier molecular flexibility index (Phi) is 10.2. The number of carbonyl (C=O) groups excluding carboxylic acids is 5. The molecule has 1 saturated heterocycles. The highest BCUT2D eigenvalue weighted by Gasteiger charge is 2.40. The average Bonchev–Trinajstić information content (AvgIpc) is 3.56. The number of anilines is 1. The SMILES string of the molecule is Cc1cccc(NC(=O)CCCCCCCc2ccc(OCc3scc4c3CN(C3CCC(=O)NC3=O)C4=O)cc2)c1C=O. The Labute approximate surface area is 261 Å². The summed E-state index contributed by atoms with van der Waals surface area (Å²) in [6, 6.07) is 12.9. The summed E-state index contributed by atoms with van der Waals surface area (Å²) < 4.78 is 6.03. The molecule has 5 rings (SSSR count). The average molecular weight is 616 g/mol. The number of rotatable bonds is 14. The van der Waals surface area contributed by atoms with Gasteiger partial charge in [-0.1, -0.05) is 43.5 Å². The number of fused-ring (bicyclic) bond motifs is 1. The van der Waals surface area contributed by atoms with Crippen LogP contribution in [0.25, 0.3) is 0 Å². The van der Waals surface area contributed by atoms with Gasteiger partial charge in [-0.2, -0.15) is 0 Å². The quantitative estimate of drug-likeness (QED) is 0.136. The van der Waals surface area contributed by atoms with Crippen LogP contribution in [0.3, 0.4) is 0 Å². The Balaban J connectivity index is 0.984. The summed E-state index contributed by atoms with van der Waals surface area (Å²) in [5.74, 6) is -0.176. The second-order valence-corrected chi connectivity index (χ2v) is 12.3. The van der Waals surface area contributed by atoms with Crippen molar-refractivity contribution in [2.75, 3.05) is 5.32 Å². The number of aldehydes is 1. The fourth-order valence-electron chi connectivity index (χ4n) is 5.73. The van der Waals surface area contributed by atoms with Crippen LogP contribution < -0.4 is 15.4 Å². The number of piperidine rings is 1. The van der Waals surface area contributed by atoms with Gasteiger partial charge in [0.15, 0.2) is 6.29 Å². The maximum absolute atomic E-state index is 12.9. The van der Waals surface area contributed by atoms with E-state index < -0.39 is 11.9 Å². The van der Waals surface area contributed by atoms with Crippen LogP contribution in [0, 0.1) is 6.92 Å². The number of benzene rings is 2. The van der Waals surface area contributed by atoms with E-state index in [0.717, 1.165) is 66.6 Å². The maximum Gasteiger partial charge on any atom is 0.256 e. The number of carbonyl (C=O) groups is 5. The van der Waals surface area contributed by atoms with Crippen molar-refractivity contribution in [1.29, 1.82) is 0 Å². The Morgan fingerprint density at radius 2 is 1.84 bits per heavy atom. The predicted molar refractivity (Wildman–Crippen MR) is 168 cm³/mol. The van der Waals surface area contributed by atoms with Crippen LogP contribution in [0.2, 0.25) is 0 Å². The van der Waals surface area contributed by atoms with Crippen LogP contribution in [0.4, 0.5) is 5.69 Å². The van der Waals surface area contributed by atoms with Crippen molar-refractivity contribution in [2.24, 2.45) is 0 Å². The van der Waals surface area contributed by atoms with Gasteiger partial charge in [-0.05, 0) is 61.9 Å². The van der Waals surface area contributed by atoms with E-state index in [1.54, 1.807) is 11.0 Å². The zero-order chi connectivity index (χ0) is 31.1. The lowest BCUT2D eigenvalue weighted by Gasteiger charge is -2.29. The first-order chi connectivity index (χ1) is 21.3. The highest BCUT2D eigenvalue weighted by atomic mass is 32.1. The number of aryl methyl sites for hydroxylation is 2. The molecule has 1 atom stereocenters. The van der Waals surface area contributed by atoms with E-state index in [1.807, 2.05) is 36.6 Å². The predicted octanol–water partition coefficient (Wildman–Crippen LogP) is 5.73. The van der Waals surface area contributed by atoms with Gasteiger partial charge in [-0.25, -0.2) is 0 Å². The molecule has 230 valence electrons. The van der Waals surface area contributed by atoms with Crippen LogP contribution in [-0.4, -0.2) is 40.9 Å². The van der Waals surface area contributed by atoms with E-state index in [9.17, 15) is 24.0 Å². The highest BCUT2D eigenvalue weighted by molar-refractivity contribution is 7.10. The molecule has 2 N–H and O–H groups in total. The number of hydrogen-bond donors (Lipinski definition) is 2. The largest absolute Gasteiger partial charge is 0.488 e. The molecular formula is C34H37N3O6S. The van der Waals surface area contributed by atoms with Gasteiger partial charge in [0.2, 0.25) is 17.7 Å². The number of ether oxygens (including phenoxy) is 1. The van der Waals surface area contributed by atoms with Crippen molar-refractivity contribution in [3.63, 3.8) is 0 Å². The first-order valence-electron chi connectivity index (χ1n) is 15.1. The van der Waals surface area contributed by atoms with Gasteiger partial charge in [-0.15, -0.1) is 11.3 Å². The molecule has 1 aromatic heterocycles. The lowest BCUT2D eigenvalue weighted by Crippen LogP contribution is -2.52. The van der Waals surface area contributed by atoms with Crippen molar-refractivity contribution in [3.8, 4) is 5.75 Å². The molecule has 0 saturated carbocycles. The molecule has 3 heterocycles. The molecule has 3 aromatic rings. The van der Waals surface area contributed by atoms with E-state index >= 15 is 0 Å². The van der Waals surface area contributed by atoms with E-state index in [1.165, 1.54) is 16.9 Å². The molecule has 10 heteroatoms. The second-order valence-electron chi connectivity index (χ2n) is 11.4. The van der Waals surface area contributed by atoms with E-state index in [4.69, 9.17) is 4.74 Å². The standard InChI is InChI=1S/C34H37N3O6S/c1-22-8-7-10-28(26(22)19-38)35-31(39)11-6-4-2-3-5-9-23-12-14-24(15-13-23)43-20-30-25-18-37(34(42)27(25)21-44-30)29-16-17-32(40)36-33(29)41/h7-8,10,12-15,19,21,29H,2-6,9,11,16-18,20H2,1H3,(H,35,39)(H,36,40,41). The van der Waals surface area contributed by atoms with Crippen molar-refractivity contribution in [2.45, 2.75) is 83.9 Å². The molecule has 1 fully saturated rings. The molecule has 1 unspecified atom stereocenters. The molecule has 9 nitrogen and oxygen atoms in total. The lowest BCUT2D eigenvalue weighted by molar-refractivity contribution is -0.137. The lowest BCUT2D eigenvalue weighted by atomic mass is 10.0. The minimum atomic E-state index is -0.617. The summed E-state index contributed by atoms with van der Waals surface area (Å²) in [6.07, 6.45) is 7.80. The number of unbranched alkanes of at least 4 members (excludes halogenated alkanes) is 4. The van der Waals surface area contributed by atoms with E-state index in [2.05, 4.69) is 22.8 Å². The molecule has 0 aliphatic carbocycles. The zero-order valence-electron chi connectivity index (χ0n) is 24.9. The van der Waals surface area contributed by atoms with Crippen molar-refractivity contribution in [1.82, 2.24) is 10.2 Å². The third-order valence-electron chi connectivity index (χ3n) is 8.27. The van der Waals surface area contributed by atoms with Crippen molar-refractivity contribution >= 4 is 46.9 Å². The zero-order valence-corrected chi connectivity index (χ0v) is 25.7. The van der Waals surface area contributed by atoms with Gasteiger partial charge in [0.1, 0.15) is 18.4 Å². The molecule has 0 bridgehead atoms. The number of nitrogens with one attached hydrogen (secondary N) is 2. The Morgan fingerprint density at radius 3 is 2.61 bits per heavy atom. The maximum atomic E-state index is 12.9. The van der Waals surface area contributed by atoms with Crippen LogP contribution >= 0.6 is 11.3 Å². The summed E-state index contributed by atoms with van der Waals surface area (Å²) in [5.41, 5.74) is 4.72. The third kappa shape index (κ3) is 7.42. The first-order valence-corrected chi connectivity index (χ1v) is 16.0. The van der Waals surface area contributed by atoms with Gasteiger partial charge in [-0.3, -0.25) is 29.3 Å². The third-order valence-corrected chi connectivity index (χ3v) is 9.27. The number of hydrogen-bond acceptors (Lipinski definition) is 7. The van der Waals surface area contributed by atoms with Gasteiger partial charge in [0, 0.05) is 40.8 Å². The van der Waals surface area contributed by atoms with Gasteiger partial charge < -0.3 is 15.0 Å². The topological polar surface area (TPSA) is 122 Å². The minimum Gasteiger partial charge on any atom is -0.488 e. The molecule has 0 spiro atoms. The van der Waals surface area contributed by atoms with E-state index in [0.29, 0.717) is 42.8 Å².